The Bertz CT molecular complexity index is 958. The van der Waals surface area contributed by atoms with Crippen molar-refractivity contribution in [2.24, 2.45) is 4.99 Å². The molecule has 29 heavy (non-hydrogen) atoms. The number of benzene rings is 2. The Morgan fingerprint density at radius 1 is 1.14 bits per heavy atom. The molecule has 1 saturated carbocycles. The number of nitrogens with one attached hydrogen (secondary N) is 2. The molecule has 2 N–H and O–H groups in total. The van der Waals surface area contributed by atoms with Crippen LogP contribution in [0.5, 0.6) is 0 Å². The first-order chi connectivity index (χ1) is 13.3. The van der Waals surface area contributed by atoms with Crippen LogP contribution in [0.25, 0.3) is 0 Å². The van der Waals surface area contributed by atoms with Crippen LogP contribution in [-0.4, -0.2) is 33.7 Å². The number of aliphatic imine (C=N–C) groups is 1. The van der Waals surface area contributed by atoms with Crippen LogP contribution in [0.2, 0.25) is 5.02 Å². The number of guanidine groups is 1. The zero-order valence-electron chi connectivity index (χ0n) is 16.6. The maximum absolute atomic E-state index is 11.6. The van der Waals surface area contributed by atoms with Crippen LogP contribution in [0, 0.1) is 0 Å². The zero-order valence-corrected chi connectivity index (χ0v) is 20.5. The molecule has 0 radical (unpaired) electrons. The average Bonchev–Trinajstić information content (AvgIpc) is 3.45. The predicted octanol–water partition coefficient (Wildman–Crippen LogP) is 4.15. The van der Waals surface area contributed by atoms with E-state index in [0.717, 1.165) is 42.5 Å². The van der Waals surface area contributed by atoms with E-state index in [-0.39, 0.29) is 29.4 Å². The van der Waals surface area contributed by atoms with Gasteiger partial charge in [-0.05, 0) is 55.2 Å². The number of hydrogen-bond donors (Lipinski definition) is 2. The highest BCUT2D eigenvalue weighted by Crippen LogP contribution is 2.48. The third kappa shape index (κ3) is 6.58. The molecule has 0 unspecified atom stereocenters. The van der Waals surface area contributed by atoms with Gasteiger partial charge in [-0.3, -0.25) is 0 Å². The number of sulfone groups is 1. The van der Waals surface area contributed by atoms with Crippen molar-refractivity contribution in [1.29, 1.82) is 0 Å². The van der Waals surface area contributed by atoms with Crippen molar-refractivity contribution in [3.05, 3.63) is 64.7 Å². The van der Waals surface area contributed by atoms with Crippen molar-refractivity contribution < 1.29 is 8.42 Å². The lowest BCUT2D eigenvalue weighted by atomic mass is 9.96. The largest absolute Gasteiger partial charge is 0.357 e. The van der Waals surface area contributed by atoms with E-state index in [1.165, 1.54) is 11.8 Å². The fraction of sp³-hybridized carbons (Fsp3) is 0.381. The molecule has 0 amide bonds. The van der Waals surface area contributed by atoms with Gasteiger partial charge in [0.1, 0.15) is 0 Å². The molecule has 1 fully saturated rings. The molecule has 2 aromatic rings. The van der Waals surface area contributed by atoms with Crippen LogP contribution in [0.15, 0.2) is 58.4 Å². The van der Waals surface area contributed by atoms with E-state index in [2.05, 4.69) is 21.7 Å². The minimum atomic E-state index is -3.18. The summed E-state index contributed by atoms with van der Waals surface area (Å²) in [6.45, 7) is 4.07. The van der Waals surface area contributed by atoms with Gasteiger partial charge in [-0.2, -0.15) is 0 Å². The fourth-order valence-corrected chi connectivity index (χ4v) is 3.96. The first-order valence-electron chi connectivity index (χ1n) is 9.40. The molecule has 158 valence electrons. The van der Waals surface area contributed by atoms with E-state index in [9.17, 15) is 8.42 Å². The zero-order chi connectivity index (χ0) is 20.2. The smallest absolute Gasteiger partial charge is 0.191 e. The summed E-state index contributed by atoms with van der Waals surface area (Å²) in [5.41, 5.74) is 2.35. The van der Waals surface area contributed by atoms with Crippen LogP contribution in [0.1, 0.15) is 30.9 Å². The SMILES string of the molecule is CCNC(=NCc1ccc(S(C)(=O)=O)cc1)NCC1(c2cccc(Cl)c2)CC1.I. The van der Waals surface area contributed by atoms with Crippen molar-refractivity contribution in [3.8, 4) is 0 Å². The Hall–Kier alpha value is -1.32. The molecule has 0 aromatic heterocycles. The van der Waals surface area contributed by atoms with Gasteiger partial charge >= 0.3 is 0 Å². The lowest BCUT2D eigenvalue weighted by Gasteiger charge is -2.19. The van der Waals surface area contributed by atoms with Crippen molar-refractivity contribution in [3.63, 3.8) is 0 Å². The van der Waals surface area contributed by atoms with Crippen LogP contribution < -0.4 is 10.6 Å². The van der Waals surface area contributed by atoms with Crippen molar-refractivity contribution >= 4 is 51.4 Å². The van der Waals surface area contributed by atoms with Gasteiger partial charge in [0.05, 0.1) is 11.4 Å². The number of halogens is 2. The van der Waals surface area contributed by atoms with E-state index in [4.69, 9.17) is 11.6 Å². The van der Waals surface area contributed by atoms with Crippen LogP contribution >= 0.6 is 35.6 Å². The average molecular weight is 548 g/mol. The van der Waals surface area contributed by atoms with Gasteiger partial charge in [0.15, 0.2) is 15.8 Å². The summed E-state index contributed by atoms with van der Waals surface area (Å²) < 4.78 is 23.1. The summed E-state index contributed by atoms with van der Waals surface area (Å²) in [5, 5.41) is 7.48. The molecule has 0 aliphatic heterocycles. The van der Waals surface area contributed by atoms with E-state index in [0.29, 0.717) is 11.4 Å². The van der Waals surface area contributed by atoms with Gasteiger partial charge < -0.3 is 10.6 Å². The molecule has 5 nitrogen and oxygen atoms in total. The van der Waals surface area contributed by atoms with Gasteiger partial charge in [0.25, 0.3) is 0 Å². The molecule has 0 spiro atoms. The molecule has 2 aromatic carbocycles. The summed E-state index contributed by atoms with van der Waals surface area (Å²) in [6.07, 6.45) is 3.47. The maximum atomic E-state index is 11.6. The van der Waals surface area contributed by atoms with Gasteiger partial charge in [0.2, 0.25) is 0 Å². The molecule has 0 saturated heterocycles. The summed E-state index contributed by atoms with van der Waals surface area (Å²) in [7, 11) is -3.18. The minimum absolute atomic E-state index is 0. The van der Waals surface area contributed by atoms with Crippen LogP contribution in [-0.2, 0) is 21.8 Å². The lowest BCUT2D eigenvalue weighted by Crippen LogP contribution is -2.41. The number of rotatable bonds is 7. The molecule has 0 atom stereocenters. The number of hydrogen-bond acceptors (Lipinski definition) is 3. The Morgan fingerprint density at radius 3 is 2.38 bits per heavy atom. The topological polar surface area (TPSA) is 70.6 Å². The normalized spacial score (nSPS) is 15.3. The second-order valence-corrected chi connectivity index (χ2v) is 9.71. The first-order valence-corrected chi connectivity index (χ1v) is 11.7. The van der Waals surface area contributed by atoms with E-state index >= 15 is 0 Å². The monoisotopic (exact) mass is 547 g/mol. The minimum Gasteiger partial charge on any atom is -0.357 e. The van der Waals surface area contributed by atoms with E-state index in [1.807, 2.05) is 25.1 Å². The third-order valence-corrected chi connectivity index (χ3v) is 6.36. The summed E-state index contributed by atoms with van der Waals surface area (Å²) in [6, 6.07) is 14.9. The van der Waals surface area contributed by atoms with Crippen LogP contribution in [0.3, 0.4) is 0 Å². The van der Waals surface area contributed by atoms with Crippen molar-refractivity contribution in [2.45, 2.75) is 36.6 Å². The maximum Gasteiger partial charge on any atom is 0.191 e. The second-order valence-electron chi connectivity index (χ2n) is 7.26. The predicted molar refractivity (Wildman–Crippen MR) is 130 cm³/mol. The van der Waals surface area contributed by atoms with E-state index in [1.54, 1.807) is 24.3 Å². The molecular formula is C21H27ClIN3O2S. The summed E-state index contributed by atoms with van der Waals surface area (Å²) in [4.78, 5) is 4.96. The summed E-state index contributed by atoms with van der Waals surface area (Å²) in [5.74, 6) is 0.753. The Balaban J connectivity index is 0.00000300. The highest BCUT2D eigenvalue weighted by molar-refractivity contribution is 14.0. The molecule has 0 heterocycles. The van der Waals surface area contributed by atoms with Crippen molar-refractivity contribution in [2.75, 3.05) is 19.3 Å². The number of nitrogens with zero attached hydrogens (tertiary/aromatic N) is 1. The Morgan fingerprint density at radius 2 is 1.83 bits per heavy atom. The fourth-order valence-electron chi connectivity index (χ4n) is 3.14. The van der Waals surface area contributed by atoms with Crippen molar-refractivity contribution in [1.82, 2.24) is 10.6 Å². The highest BCUT2D eigenvalue weighted by Gasteiger charge is 2.44. The first kappa shape index (κ1) is 24.0. The van der Waals surface area contributed by atoms with Gasteiger partial charge in [-0.1, -0.05) is 35.9 Å². The van der Waals surface area contributed by atoms with Gasteiger partial charge in [-0.25, -0.2) is 13.4 Å². The van der Waals surface area contributed by atoms with Crippen LogP contribution in [0.4, 0.5) is 0 Å². The molecule has 3 rings (SSSR count). The van der Waals surface area contributed by atoms with Gasteiger partial charge in [0, 0.05) is 29.8 Å². The third-order valence-electron chi connectivity index (χ3n) is 5.00. The summed E-state index contributed by atoms with van der Waals surface area (Å²) >= 11 is 6.15. The molecule has 1 aliphatic rings. The second kappa shape index (κ2) is 10.1. The van der Waals surface area contributed by atoms with Gasteiger partial charge in [-0.15, -0.1) is 24.0 Å². The molecule has 8 heteroatoms. The Labute approximate surface area is 195 Å². The molecular weight excluding hydrogens is 521 g/mol. The highest BCUT2D eigenvalue weighted by atomic mass is 127. The molecule has 0 bridgehead atoms. The lowest BCUT2D eigenvalue weighted by molar-refractivity contribution is 0.602. The standard InChI is InChI=1S/C21H26ClN3O2S.HI/c1-3-23-20(24-14-16-7-9-19(10-8-16)28(2,26)27)25-15-21(11-12-21)17-5-4-6-18(22)13-17;/h4-10,13H,3,11-12,14-15H2,1-2H3,(H2,23,24,25);1H. The van der Waals surface area contributed by atoms with E-state index < -0.39 is 9.84 Å². The molecule has 1 aliphatic carbocycles. The quantitative estimate of drug-likeness (QED) is 0.310. The Kier molecular flexibility index (Phi) is 8.37.